The SMILES string of the molecule is COc1ccc(OC)c(CCc2nc3ccc(-c4cn[nH]c4)cc3c(=O)[nH]2)c1. The number of aryl methyl sites for hydroxylation is 2. The summed E-state index contributed by atoms with van der Waals surface area (Å²) in [6.45, 7) is 0. The molecule has 0 bridgehead atoms. The molecule has 0 atom stereocenters. The molecule has 0 spiro atoms. The Morgan fingerprint density at radius 1 is 1.00 bits per heavy atom. The first-order valence-electron chi connectivity index (χ1n) is 8.91. The van der Waals surface area contributed by atoms with Gasteiger partial charge < -0.3 is 14.5 Å². The fourth-order valence-corrected chi connectivity index (χ4v) is 3.22. The van der Waals surface area contributed by atoms with Gasteiger partial charge in [-0.3, -0.25) is 9.89 Å². The quantitative estimate of drug-likeness (QED) is 0.539. The van der Waals surface area contributed by atoms with Crippen molar-refractivity contribution in [2.45, 2.75) is 12.8 Å². The van der Waals surface area contributed by atoms with E-state index in [-0.39, 0.29) is 5.56 Å². The van der Waals surface area contributed by atoms with E-state index in [9.17, 15) is 4.79 Å². The minimum atomic E-state index is -0.150. The van der Waals surface area contributed by atoms with E-state index in [0.717, 1.165) is 28.2 Å². The largest absolute Gasteiger partial charge is 0.497 e. The van der Waals surface area contributed by atoms with Crippen molar-refractivity contribution in [1.29, 1.82) is 0 Å². The van der Waals surface area contributed by atoms with Crippen molar-refractivity contribution in [3.8, 4) is 22.6 Å². The summed E-state index contributed by atoms with van der Waals surface area (Å²) < 4.78 is 10.7. The molecular weight excluding hydrogens is 356 g/mol. The highest BCUT2D eigenvalue weighted by Crippen LogP contribution is 2.25. The Morgan fingerprint density at radius 3 is 2.64 bits per heavy atom. The summed E-state index contributed by atoms with van der Waals surface area (Å²) >= 11 is 0. The number of ether oxygens (including phenoxy) is 2. The maximum atomic E-state index is 12.6. The lowest BCUT2D eigenvalue weighted by Crippen LogP contribution is -2.12. The average Bonchev–Trinajstić information content (AvgIpc) is 3.26. The smallest absolute Gasteiger partial charge is 0.258 e. The van der Waals surface area contributed by atoms with Gasteiger partial charge in [-0.1, -0.05) is 6.07 Å². The van der Waals surface area contributed by atoms with Gasteiger partial charge >= 0.3 is 0 Å². The summed E-state index contributed by atoms with van der Waals surface area (Å²) in [5.74, 6) is 2.19. The summed E-state index contributed by atoms with van der Waals surface area (Å²) in [6.07, 6.45) is 4.76. The van der Waals surface area contributed by atoms with E-state index in [1.807, 2.05) is 36.4 Å². The number of benzene rings is 2. The number of methoxy groups -OCH3 is 2. The molecule has 0 amide bonds. The Hall–Kier alpha value is -3.61. The van der Waals surface area contributed by atoms with Gasteiger partial charge in [0.15, 0.2) is 0 Å². The fourth-order valence-electron chi connectivity index (χ4n) is 3.22. The van der Waals surface area contributed by atoms with Crippen molar-refractivity contribution in [2.24, 2.45) is 0 Å². The highest BCUT2D eigenvalue weighted by molar-refractivity contribution is 5.83. The lowest BCUT2D eigenvalue weighted by atomic mass is 10.1. The second-order valence-electron chi connectivity index (χ2n) is 6.41. The molecule has 0 unspecified atom stereocenters. The monoisotopic (exact) mass is 376 g/mol. The molecule has 2 aromatic carbocycles. The fraction of sp³-hybridized carbons (Fsp3) is 0.190. The highest BCUT2D eigenvalue weighted by atomic mass is 16.5. The van der Waals surface area contributed by atoms with Crippen LogP contribution in [-0.2, 0) is 12.8 Å². The van der Waals surface area contributed by atoms with E-state index in [1.165, 1.54) is 0 Å². The topological polar surface area (TPSA) is 92.9 Å². The van der Waals surface area contributed by atoms with E-state index in [1.54, 1.807) is 26.6 Å². The van der Waals surface area contributed by atoms with Crippen LogP contribution in [0.25, 0.3) is 22.0 Å². The van der Waals surface area contributed by atoms with Gasteiger partial charge in [-0.2, -0.15) is 5.10 Å². The van der Waals surface area contributed by atoms with E-state index in [2.05, 4.69) is 20.2 Å². The van der Waals surface area contributed by atoms with Crippen LogP contribution in [0.15, 0.2) is 53.6 Å². The Morgan fingerprint density at radius 2 is 1.89 bits per heavy atom. The number of nitrogens with one attached hydrogen (secondary N) is 2. The third-order valence-corrected chi connectivity index (χ3v) is 4.70. The molecule has 2 N–H and O–H groups in total. The molecule has 0 aliphatic carbocycles. The maximum Gasteiger partial charge on any atom is 0.258 e. The number of fused-ring (bicyclic) bond motifs is 1. The van der Waals surface area contributed by atoms with Crippen LogP contribution in [0.4, 0.5) is 0 Å². The van der Waals surface area contributed by atoms with Crippen molar-refractivity contribution in [3.63, 3.8) is 0 Å². The predicted molar refractivity (Wildman–Crippen MR) is 107 cm³/mol. The van der Waals surface area contributed by atoms with Gasteiger partial charge in [0.1, 0.15) is 17.3 Å². The van der Waals surface area contributed by atoms with Crippen molar-refractivity contribution >= 4 is 10.9 Å². The van der Waals surface area contributed by atoms with E-state index in [0.29, 0.717) is 29.6 Å². The summed E-state index contributed by atoms with van der Waals surface area (Å²) in [4.78, 5) is 20.1. The summed E-state index contributed by atoms with van der Waals surface area (Å²) in [7, 11) is 3.27. The summed E-state index contributed by atoms with van der Waals surface area (Å²) in [5, 5.41) is 7.28. The molecule has 7 nitrogen and oxygen atoms in total. The Kier molecular flexibility index (Phi) is 4.80. The molecule has 0 aliphatic heterocycles. The Balaban J connectivity index is 1.62. The van der Waals surface area contributed by atoms with Gasteiger partial charge in [0.05, 0.1) is 31.3 Å². The Bertz CT molecular complexity index is 1170. The Labute approximate surface area is 161 Å². The summed E-state index contributed by atoms with van der Waals surface area (Å²) in [5.41, 5.74) is 3.37. The first kappa shape index (κ1) is 17.8. The zero-order valence-electron chi connectivity index (χ0n) is 15.7. The predicted octanol–water partition coefficient (Wildman–Crippen LogP) is 3.12. The first-order valence-corrected chi connectivity index (χ1v) is 8.91. The third-order valence-electron chi connectivity index (χ3n) is 4.70. The minimum Gasteiger partial charge on any atom is -0.497 e. The molecule has 28 heavy (non-hydrogen) atoms. The molecule has 7 heteroatoms. The maximum absolute atomic E-state index is 12.6. The van der Waals surface area contributed by atoms with Gasteiger partial charge in [-0.25, -0.2) is 4.98 Å². The van der Waals surface area contributed by atoms with Crippen molar-refractivity contribution in [2.75, 3.05) is 14.2 Å². The van der Waals surface area contributed by atoms with Crippen LogP contribution in [0.1, 0.15) is 11.4 Å². The molecule has 2 aromatic heterocycles. The van der Waals surface area contributed by atoms with Crippen LogP contribution in [0.3, 0.4) is 0 Å². The van der Waals surface area contributed by atoms with E-state index < -0.39 is 0 Å². The number of rotatable bonds is 6. The number of aromatic nitrogens is 4. The number of H-pyrrole nitrogens is 2. The molecule has 4 aromatic rings. The molecule has 0 saturated heterocycles. The molecule has 4 rings (SSSR count). The van der Waals surface area contributed by atoms with E-state index in [4.69, 9.17) is 9.47 Å². The zero-order valence-corrected chi connectivity index (χ0v) is 15.7. The van der Waals surface area contributed by atoms with E-state index >= 15 is 0 Å². The molecule has 0 radical (unpaired) electrons. The molecule has 0 fully saturated rings. The molecule has 0 aliphatic rings. The zero-order chi connectivity index (χ0) is 19.5. The molecule has 142 valence electrons. The number of hydrogen-bond donors (Lipinski definition) is 2. The van der Waals surface area contributed by atoms with Crippen LogP contribution in [0, 0.1) is 0 Å². The summed E-state index contributed by atoms with van der Waals surface area (Å²) in [6, 6.07) is 11.3. The van der Waals surface area contributed by atoms with Gasteiger partial charge in [0.25, 0.3) is 5.56 Å². The number of aromatic amines is 2. The third kappa shape index (κ3) is 3.46. The van der Waals surface area contributed by atoms with Crippen LogP contribution in [0.5, 0.6) is 11.5 Å². The average molecular weight is 376 g/mol. The molecule has 2 heterocycles. The minimum absolute atomic E-state index is 0.150. The second kappa shape index (κ2) is 7.56. The van der Waals surface area contributed by atoms with Gasteiger partial charge in [-0.05, 0) is 47.9 Å². The van der Waals surface area contributed by atoms with Crippen molar-refractivity contribution < 1.29 is 9.47 Å². The second-order valence-corrected chi connectivity index (χ2v) is 6.41. The number of hydrogen-bond acceptors (Lipinski definition) is 5. The normalized spacial score (nSPS) is 10.9. The van der Waals surface area contributed by atoms with Crippen LogP contribution in [-0.4, -0.2) is 34.4 Å². The standard InChI is InChI=1S/C21H20N4O3/c1-27-16-5-7-19(28-2)14(9-16)4-8-20-24-18-6-3-13(15-11-22-23-12-15)10-17(18)21(26)25-20/h3,5-7,9-12H,4,8H2,1-2H3,(H,22,23)(H,24,25,26). The first-order chi connectivity index (χ1) is 13.7. The van der Waals surface area contributed by atoms with Crippen molar-refractivity contribution in [3.05, 3.63) is 70.5 Å². The van der Waals surface area contributed by atoms with Gasteiger partial charge in [-0.15, -0.1) is 0 Å². The highest BCUT2D eigenvalue weighted by Gasteiger charge is 2.10. The van der Waals surface area contributed by atoms with Gasteiger partial charge in [0.2, 0.25) is 0 Å². The molecule has 0 saturated carbocycles. The van der Waals surface area contributed by atoms with Gasteiger partial charge in [0, 0.05) is 18.2 Å². The van der Waals surface area contributed by atoms with Crippen LogP contribution in [0.2, 0.25) is 0 Å². The molecular formula is C21H20N4O3. The van der Waals surface area contributed by atoms with Crippen LogP contribution >= 0.6 is 0 Å². The lowest BCUT2D eigenvalue weighted by Gasteiger charge is -2.10. The van der Waals surface area contributed by atoms with Crippen molar-refractivity contribution in [1.82, 2.24) is 20.2 Å². The number of nitrogens with zero attached hydrogens (tertiary/aromatic N) is 2. The lowest BCUT2D eigenvalue weighted by molar-refractivity contribution is 0.398. The van der Waals surface area contributed by atoms with Crippen LogP contribution < -0.4 is 15.0 Å².